The number of ether oxygens (including phenoxy) is 1. The molecule has 1 fully saturated rings. The highest BCUT2D eigenvalue weighted by atomic mass is 16.5. The Hall–Kier alpha value is -1.99. The van der Waals surface area contributed by atoms with Gasteiger partial charge in [0.15, 0.2) is 5.82 Å². The van der Waals surface area contributed by atoms with Crippen molar-refractivity contribution in [3.05, 3.63) is 23.7 Å². The molecule has 0 unspecified atom stereocenters. The van der Waals surface area contributed by atoms with Crippen LogP contribution in [-0.4, -0.2) is 64.5 Å². The molecule has 0 N–H and O–H groups in total. The Kier molecular flexibility index (Phi) is 3.97. The summed E-state index contributed by atoms with van der Waals surface area (Å²) >= 11 is 0. The maximum absolute atomic E-state index is 5.56. The molecular weight excluding hydrogens is 304 g/mol. The molecule has 24 heavy (non-hydrogen) atoms. The van der Waals surface area contributed by atoms with Crippen LogP contribution in [0.3, 0.4) is 0 Å². The first-order valence-corrected chi connectivity index (χ1v) is 8.50. The molecule has 2 aliphatic heterocycles. The number of fused-ring (bicyclic) bond motifs is 1. The summed E-state index contributed by atoms with van der Waals surface area (Å²) in [6, 6.07) is 0.533. The molecule has 0 aromatic carbocycles. The maximum atomic E-state index is 5.56. The molecule has 0 radical (unpaired) electrons. The average Bonchev–Trinajstić information content (AvgIpc) is 3.24. The van der Waals surface area contributed by atoms with Crippen molar-refractivity contribution in [1.29, 1.82) is 0 Å². The molecule has 4 heterocycles. The quantitative estimate of drug-likeness (QED) is 0.841. The van der Waals surface area contributed by atoms with Gasteiger partial charge in [0, 0.05) is 65.1 Å². The van der Waals surface area contributed by atoms with Crippen LogP contribution in [0.15, 0.2) is 12.4 Å². The average molecular weight is 328 g/mol. The Labute approximate surface area is 142 Å². The van der Waals surface area contributed by atoms with Gasteiger partial charge in [-0.15, -0.1) is 0 Å². The maximum Gasteiger partial charge on any atom is 0.164 e. The van der Waals surface area contributed by atoms with Gasteiger partial charge in [0.25, 0.3) is 0 Å². The van der Waals surface area contributed by atoms with Crippen LogP contribution in [0.2, 0.25) is 0 Å². The van der Waals surface area contributed by atoms with E-state index < -0.39 is 0 Å². The van der Waals surface area contributed by atoms with E-state index in [1.54, 1.807) is 4.68 Å². The zero-order chi connectivity index (χ0) is 16.7. The minimum Gasteiger partial charge on any atom is -0.380 e. The standard InChI is InChI=1S/C17H24N6O/c1-21(2)17-14-10-23(13-5-7-24-11-13)6-4-15(14)19-16(20-17)12-8-18-22(3)9-12/h8-9,13H,4-7,10-11H2,1-3H3/t13-/m1/s1. The van der Waals surface area contributed by atoms with Crippen molar-refractivity contribution in [3.63, 3.8) is 0 Å². The lowest BCUT2D eigenvalue weighted by molar-refractivity contribution is 0.134. The van der Waals surface area contributed by atoms with Crippen LogP contribution in [0.25, 0.3) is 11.4 Å². The largest absolute Gasteiger partial charge is 0.380 e. The molecule has 0 saturated carbocycles. The summed E-state index contributed by atoms with van der Waals surface area (Å²) < 4.78 is 7.35. The van der Waals surface area contributed by atoms with Crippen LogP contribution in [0.4, 0.5) is 5.82 Å². The van der Waals surface area contributed by atoms with E-state index in [1.807, 2.05) is 33.5 Å². The third-order valence-corrected chi connectivity index (χ3v) is 4.88. The van der Waals surface area contributed by atoms with Crippen molar-refractivity contribution in [2.45, 2.75) is 25.4 Å². The third kappa shape index (κ3) is 2.78. The first-order valence-electron chi connectivity index (χ1n) is 8.50. The Morgan fingerprint density at radius 3 is 2.83 bits per heavy atom. The summed E-state index contributed by atoms with van der Waals surface area (Å²) in [4.78, 5) is 14.3. The summed E-state index contributed by atoms with van der Waals surface area (Å²) in [5.74, 6) is 1.78. The van der Waals surface area contributed by atoms with Crippen molar-refractivity contribution in [3.8, 4) is 11.4 Å². The minimum absolute atomic E-state index is 0.533. The molecule has 7 heteroatoms. The topological polar surface area (TPSA) is 59.3 Å². The van der Waals surface area contributed by atoms with Crippen molar-refractivity contribution in [2.75, 3.05) is 38.8 Å². The molecule has 1 atom stereocenters. The second-order valence-electron chi connectivity index (χ2n) is 6.83. The van der Waals surface area contributed by atoms with Crippen LogP contribution >= 0.6 is 0 Å². The smallest absolute Gasteiger partial charge is 0.164 e. The fourth-order valence-electron chi connectivity index (χ4n) is 3.58. The van der Waals surface area contributed by atoms with E-state index in [-0.39, 0.29) is 0 Å². The molecule has 0 bridgehead atoms. The van der Waals surface area contributed by atoms with Crippen LogP contribution < -0.4 is 4.90 Å². The fourth-order valence-corrected chi connectivity index (χ4v) is 3.58. The van der Waals surface area contributed by atoms with Crippen LogP contribution in [-0.2, 0) is 24.8 Å². The van der Waals surface area contributed by atoms with Crippen LogP contribution in [0.5, 0.6) is 0 Å². The predicted octanol–water partition coefficient (Wildman–Crippen LogP) is 1.09. The number of aromatic nitrogens is 4. The van der Waals surface area contributed by atoms with E-state index in [0.29, 0.717) is 6.04 Å². The van der Waals surface area contributed by atoms with E-state index in [4.69, 9.17) is 14.7 Å². The summed E-state index contributed by atoms with van der Waals surface area (Å²) in [5, 5.41) is 4.24. The van der Waals surface area contributed by atoms with Gasteiger partial charge < -0.3 is 9.64 Å². The Bertz CT molecular complexity index is 735. The molecule has 4 rings (SSSR count). The lowest BCUT2D eigenvalue weighted by atomic mass is 10.0. The van der Waals surface area contributed by atoms with Crippen molar-refractivity contribution in [1.82, 2.24) is 24.6 Å². The zero-order valence-electron chi connectivity index (χ0n) is 14.6. The second-order valence-corrected chi connectivity index (χ2v) is 6.83. The summed E-state index contributed by atoms with van der Waals surface area (Å²) in [6.07, 6.45) is 5.88. The first kappa shape index (κ1) is 15.5. The van der Waals surface area contributed by atoms with Gasteiger partial charge >= 0.3 is 0 Å². The number of anilines is 1. The summed E-state index contributed by atoms with van der Waals surface area (Å²) in [6.45, 7) is 3.67. The van der Waals surface area contributed by atoms with Gasteiger partial charge in [-0.05, 0) is 6.42 Å². The van der Waals surface area contributed by atoms with Gasteiger partial charge in [-0.3, -0.25) is 9.58 Å². The van der Waals surface area contributed by atoms with Crippen molar-refractivity contribution < 1.29 is 4.74 Å². The second kappa shape index (κ2) is 6.14. The molecule has 0 amide bonds. The molecule has 2 aromatic heterocycles. The van der Waals surface area contributed by atoms with Crippen molar-refractivity contribution >= 4 is 5.82 Å². The van der Waals surface area contributed by atoms with Gasteiger partial charge in [0.2, 0.25) is 0 Å². The summed E-state index contributed by atoms with van der Waals surface area (Å²) in [7, 11) is 6.01. The normalized spacial score (nSPS) is 21.0. The van der Waals surface area contributed by atoms with Gasteiger partial charge in [-0.25, -0.2) is 9.97 Å². The van der Waals surface area contributed by atoms with Gasteiger partial charge in [-0.2, -0.15) is 5.10 Å². The molecule has 1 saturated heterocycles. The molecular formula is C17H24N6O. The van der Waals surface area contributed by atoms with Gasteiger partial charge in [0.05, 0.1) is 24.1 Å². The van der Waals surface area contributed by atoms with Gasteiger partial charge in [-0.1, -0.05) is 0 Å². The number of hydrogen-bond acceptors (Lipinski definition) is 6. The van der Waals surface area contributed by atoms with E-state index in [0.717, 1.165) is 56.4 Å². The van der Waals surface area contributed by atoms with E-state index in [1.165, 1.54) is 11.3 Å². The van der Waals surface area contributed by atoms with E-state index in [2.05, 4.69) is 14.9 Å². The monoisotopic (exact) mass is 328 g/mol. The van der Waals surface area contributed by atoms with Gasteiger partial charge in [0.1, 0.15) is 5.82 Å². The fraction of sp³-hybridized carbons (Fsp3) is 0.588. The van der Waals surface area contributed by atoms with Crippen molar-refractivity contribution in [2.24, 2.45) is 7.05 Å². The zero-order valence-corrected chi connectivity index (χ0v) is 14.6. The third-order valence-electron chi connectivity index (χ3n) is 4.88. The number of aryl methyl sites for hydroxylation is 1. The highest BCUT2D eigenvalue weighted by molar-refractivity contribution is 5.59. The highest BCUT2D eigenvalue weighted by Gasteiger charge is 2.30. The molecule has 2 aliphatic rings. The molecule has 0 aliphatic carbocycles. The molecule has 0 spiro atoms. The number of hydrogen-bond donors (Lipinski definition) is 0. The van der Waals surface area contributed by atoms with Crippen LogP contribution in [0, 0.1) is 0 Å². The number of nitrogens with zero attached hydrogens (tertiary/aromatic N) is 6. The minimum atomic E-state index is 0.533. The van der Waals surface area contributed by atoms with Crippen LogP contribution in [0.1, 0.15) is 17.7 Å². The Balaban J connectivity index is 1.70. The molecule has 128 valence electrons. The first-order chi connectivity index (χ1) is 11.6. The molecule has 7 nitrogen and oxygen atoms in total. The molecule has 2 aromatic rings. The highest BCUT2D eigenvalue weighted by Crippen LogP contribution is 2.30. The Morgan fingerprint density at radius 1 is 1.29 bits per heavy atom. The number of rotatable bonds is 3. The van der Waals surface area contributed by atoms with E-state index in [9.17, 15) is 0 Å². The lowest BCUT2D eigenvalue weighted by Crippen LogP contribution is -2.40. The Morgan fingerprint density at radius 2 is 2.17 bits per heavy atom. The van der Waals surface area contributed by atoms with E-state index >= 15 is 0 Å². The SMILES string of the molecule is CN(C)c1nc(-c2cnn(C)c2)nc2c1CN([C@@H]1CCOC1)CC2. The lowest BCUT2D eigenvalue weighted by Gasteiger charge is -2.34. The predicted molar refractivity (Wildman–Crippen MR) is 91.9 cm³/mol. The summed E-state index contributed by atoms with van der Waals surface area (Å²) in [5.41, 5.74) is 3.39.